The molecule has 7 heteroatoms. The van der Waals surface area contributed by atoms with Gasteiger partial charge >= 0.3 is 0 Å². The number of hydrogen-bond donors (Lipinski definition) is 2. The molecule has 0 bridgehead atoms. The Labute approximate surface area is 147 Å². The summed E-state index contributed by atoms with van der Waals surface area (Å²) in [6.07, 6.45) is 1.06. The molecule has 0 aromatic heterocycles. The highest BCUT2D eigenvalue weighted by Crippen LogP contribution is 2.22. The molecule has 0 amide bonds. The van der Waals surface area contributed by atoms with Gasteiger partial charge in [-0.15, -0.1) is 24.0 Å². The third-order valence-corrected chi connectivity index (χ3v) is 3.74. The van der Waals surface area contributed by atoms with Gasteiger partial charge < -0.3 is 20.3 Å². The van der Waals surface area contributed by atoms with Crippen LogP contribution in [-0.4, -0.2) is 45.4 Å². The molecular weight excluding hydrogens is 398 g/mol. The maximum Gasteiger partial charge on any atom is 0.191 e. The van der Waals surface area contributed by atoms with Gasteiger partial charge in [0.05, 0.1) is 13.2 Å². The van der Waals surface area contributed by atoms with Crippen molar-refractivity contribution in [2.75, 3.05) is 44.3 Å². The first-order chi connectivity index (χ1) is 10.3. The molecule has 0 spiro atoms. The van der Waals surface area contributed by atoms with E-state index in [-0.39, 0.29) is 29.8 Å². The smallest absolute Gasteiger partial charge is 0.191 e. The van der Waals surface area contributed by atoms with E-state index in [2.05, 4.69) is 20.5 Å². The average Bonchev–Trinajstić information content (AvgIpc) is 2.55. The van der Waals surface area contributed by atoms with Gasteiger partial charge in [-0.25, -0.2) is 4.39 Å². The Hall–Kier alpha value is -1.09. The molecule has 0 aliphatic carbocycles. The van der Waals surface area contributed by atoms with E-state index < -0.39 is 0 Å². The van der Waals surface area contributed by atoms with Gasteiger partial charge in [-0.2, -0.15) is 0 Å². The molecule has 0 radical (unpaired) electrons. The Morgan fingerprint density at radius 2 is 2.14 bits per heavy atom. The number of benzene rings is 1. The molecule has 0 unspecified atom stereocenters. The number of ether oxygens (including phenoxy) is 1. The molecule has 2 aliphatic heterocycles. The summed E-state index contributed by atoms with van der Waals surface area (Å²) >= 11 is 0. The Morgan fingerprint density at radius 3 is 2.86 bits per heavy atom. The largest absolute Gasteiger partial charge is 0.378 e. The first-order valence-corrected chi connectivity index (χ1v) is 7.46. The molecule has 2 N–H and O–H groups in total. The second kappa shape index (κ2) is 8.52. The van der Waals surface area contributed by atoms with Crippen molar-refractivity contribution in [3.05, 3.63) is 29.6 Å². The normalized spacial score (nSPS) is 18.0. The van der Waals surface area contributed by atoms with Crippen LogP contribution in [0.15, 0.2) is 23.2 Å². The fourth-order valence-electron chi connectivity index (χ4n) is 2.64. The third-order valence-electron chi connectivity index (χ3n) is 3.74. The van der Waals surface area contributed by atoms with Gasteiger partial charge in [-0.3, -0.25) is 4.99 Å². The van der Waals surface area contributed by atoms with Crippen LogP contribution in [0.2, 0.25) is 0 Å². The number of hydrogen-bond acceptors (Lipinski definition) is 5. The zero-order valence-corrected chi connectivity index (χ0v) is 14.8. The summed E-state index contributed by atoms with van der Waals surface area (Å²) in [5, 5.41) is 6.47. The number of guanidine groups is 1. The SMILES string of the molecule is Fc1ccc(N2CCOCC2)c(CNC2=NCCCN2)c1.I. The molecule has 1 aromatic carbocycles. The Bertz CT molecular complexity index is 520. The monoisotopic (exact) mass is 420 g/mol. The molecule has 0 atom stereocenters. The van der Waals surface area contributed by atoms with Crippen LogP contribution in [0, 0.1) is 5.82 Å². The van der Waals surface area contributed by atoms with E-state index in [1.54, 1.807) is 6.07 Å². The minimum atomic E-state index is -0.206. The summed E-state index contributed by atoms with van der Waals surface area (Å²) in [6, 6.07) is 4.97. The number of rotatable bonds is 3. The second-order valence-corrected chi connectivity index (χ2v) is 5.24. The van der Waals surface area contributed by atoms with Gasteiger partial charge in [0.15, 0.2) is 5.96 Å². The van der Waals surface area contributed by atoms with Crippen molar-refractivity contribution in [2.24, 2.45) is 4.99 Å². The molecule has 1 fully saturated rings. The lowest BCUT2D eigenvalue weighted by Gasteiger charge is -2.31. The minimum absolute atomic E-state index is 0. The summed E-state index contributed by atoms with van der Waals surface area (Å²) in [6.45, 7) is 5.48. The number of nitrogens with zero attached hydrogens (tertiary/aromatic N) is 2. The lowest BCUT2D eigenvalue weighted by molar-refractivity contribution is 0.122. The van der Waals surface area contributed by atoms with E-state index >= 15 is 0 Å². The molecule has 122 valence electrons. The minimum Gasteiger partial charge on any atom is -0.378 e. The lowest BCUT2D eigenvalue weighted by Crippen LogP contribution is -2.41. The van der Waals surface area contributed by atoms with Crippen LogP contribution in [0.3, 0.4) is 0 Å². The van der Waals surface area contributed by atoms with Crippen molar-refractivity contribution >= 4 is 35.6 Å². The van der Waals surface area contributed by atoms with Crippen LogP contribution < -0.4 is 15.5 Å². The number of nitrogens with one attached hydrogen (secondary N) is 2. The van der Waals surface area contributed by atoms with Crippen molar-refractivity contribution in [2.45, 2.75) is 13.0 Å². The van der Waals surface area contributed by atoms with E-state index in [0.717, 1.165) is 63.0 Å². The molecule has 1 saturated heterocycles. The van der Waals surface area contributed by atoms with Gasteiger partial charge in [0.25, 0.3) is 0 Å². The van der Waals surface area contributed by atoms with E-state index in [9.17, 15) is 4.39 Å². The fraction of sp³-hybridized carbons (Fsp3) is 0.533. The Kier molecular flexibility index (Phi) is 6.69. The number of halogens is 2. The summed E-state index contributed by atoms with van der Waals surface area (Å²) in [5.74, 6) is 0.598. The Morgan fingerprint density at radius 1 is 1.32 bits per heavy atom. The predicted octanol–water partition coefficient (Wildman–Crippen LogP) is 1.72. The van der Waals surface area contributed by atoms with Crippen molar-refractivity contribution in [1.29, 1.82) is 0 Å². The van der Waals surface area contributed by atoms with Crippen LogP contribution >= 0.6 is 24.0 Å². The maximum absolute atomic E-state index is 13.6. The van der Waals surface area contributed by atoms with Gasteiger partial charge in [0.1, 0.15) is 5.82 Å². The van der Waals surface area contributed by atoms with E-state index in [0.29, 0.717) is 6.54 Å². The molecule has 2 heterocycles. The van der Waals surface area contributed by atoms with Crippen LogP contribution in [0.5, 0.6) is 0 Å². The Balaban J connectivity index is 0.00000176. The predicted molar refractivity (Wildman–Crippen MR) is 96.6 cm³/mol. The zero-order valence-electron chi connectivity index (χ0n) is 12.5. The lowest BCUT2D eigenvalue weighted by atomic mass is 10.1. The highest BCUT2D eigenvalue weighted by Gasteiger charge is 2.15. The van der Waals surface area contributed by atoms with Gasteiger partial charge in [0.2, 0.25) is 0 Å². The second-order valence-electron chi connectivity index (χ2n) is 5.24. The van der Waals surface area contributed by atoms with Crippen molar-refractivity contribution < 1.29 is 9.13 Å². The standard InChI is InChI=1S/C15H21FN4O.HI/c16-13-2-3-14(20-6-8-21-9-7-20)12(10-13)11-19-15-17-4-1-5-18-15;/h2-3,10H,1,4-9,11H2,(H2,17,18,19);1H. The molecule has 5 nitrogen and oxygen atoms in total. The van der Waals surface area contributed by atoms with Crippen molar-refractivity contribution in [1.82, 2.24) is 10.6 Å². The molecule has 2 aliphatic rings. The molecule has 1 aromatic rings. The van der Waals surface area contributed by atoms with E-state index in [4.69, 9.17) is 4.74 Å². The molecule has 3 rings (SSSR count). The van der Waals surface area contributed by atoms with E-state index in [1.807, 2.05) is 6.07 Å². The van der Waals surface area contributed by atoms with Crippen molar-refractivity contribution in [3.8, 4) is 0 Å². The average molecular weight is 420 g/mol. The quantitative estimate of drug-likeness (QED) is 0.732. The number of anilines is 1. The maximum atomic E-state index is 13.6. The van der Waals surface area contributed by atoms with Crippen LogP contribution in [0.4, 0.5) is 10.1 Å². The summed E-state index contributed by atoms with van der Waals surface area (Å²) in [7, 11) is 0. The third kappa shape index (κ3) is 4.45. The first-order valence-electron chi connectivity index (χ1n) is 7.46. The number of morpholine rings is 1. The van der Waals surface area contributed by atoms with Crippen LogP contribution in [0.25, 0.3) is 0 Å². The molecular formula is C15H22FIN4O. The van der Waals surface area contributed by atoms with Crippen molar-refractivity contribution in [3.63, 3.8) is 0 Å². The van der Waals surface area contributed by atoms with E-state index in [1.165, 1.54) is 6.07 Å². The topological polar surface area (TPSA) is 48.9 Å². The van der Waals surface area contributed by atoms with Crippen LogP contribution in [-0.2, 0) is 11.3 Å². The molecule has 0 saturated carbocycles. The highest BCUT2D eigenvalue weighted by molar-refractivity contribution is 14.0. The number of aliphatic imine (C=N–C) groups is 1. The molecule has 22 heavy (non-hydrogen) atoms. The van der Waals surface area contributed by atoms with Crippen LogP contribution in [0.1, 0.15) is 12.0 Å². The van der Waals surface area contributed by atoms with Gasteiger partial charge in [-0.05, 0) is 30.2 Å². The zero-order chi connectivity index (χ0) is 14.5. The van der Waals surface area contributed by atoms with Gasteiger partial charge in [0, 0.05) is 38.4 Å². The summed E-state index contributed by atoms with van der Waals surface area (Å²) in [5.41, 5.74) is 2.02. The first kappa shape index (κ1) is 17.3. The highest BCUT2D eigenvalue weighted by atomic mass is 127. The fourth-order valence-corrected chi connectivity index (χ4v) is 2.64. The summed E-state index contributed by atoms with van der Waals surface area (Å²) < 4.78 is 18.9. The van der Waals surface area contributed by atoms with Gasteiger partial charge in [-0.1, -0.05) is 0 Å². The summed E-state index contributed by atoms with van der Waals surface area (Å²) in [4.78, 5) is 6.62.